The van der Waals surface area contributed by atoms with Crippen molar-refractivity contribution in [2.24, 2.45) is 5.84 Å². The van der Waals surface area contributed by atoms with Crippen molar-refractivity contribution in [2.75, 3.05) is 13.2 Å². The molecule has 0 rings (SSSR count). The minimum atomic E-state index is -0.979. The van der Waals surface area contributed by atoms with Gasteiger partial charge in [-0.1, -0.05) is 50.7 Å². The standard InChI is InChI=1S/C21H40N2O5/c22-23-20(26)15-13-11-9-7-5-3-1-2-4-6-8-10-12-14-16-21(27)28-18-19(25)17-24/h1-2,19,24-25H,3-18,22H2,(H,23,26). The lowest BCUT2D eigenvalue weighted by molar-refractivity contribution is -0.147. The number of esters is 1. The molecule has 1 amide bonds. The molecule has 0 fully saturated rings. The molecule has 0 aromatic rings. The number of ether oxygens (including phenoxy) is 1. The third kappa shape index (κ3) is 19.3. The summed E-state index contributed by atoms with van der Waals surface area (Å²) in [5.74, 6) is 4.64. The Hall–Kier alpha value is -1.44. The number of nitrogens with one attached hydrogen (secondary N) is 1. The fourth-order valence-electron chi connectivity index (χ4n) is 2.76. The maximum atomic E-state index is 11.4. The summed E-state index contributed by atoms with van der Waals surface area (Å²) in [4.78, 5) is 22.3. The van der Waals surface area contributed by atoms with Crippen LogP contribution in [0.4, 0.5) is 0 Å². The summed E-state index contributed by atoms with van der Waals surface area (Å²) >= 11 is 0. The van der Waals surface area contributed by atoms with Crippen LogP contribution in [0.2, 0.25) is 0 Å². The highest BCUT2D eigenvalue weighted by atomic mass is 16.5. The molecule has 28 heavy (non-hydrogen) atoms. The third-order valence-corrected chi connectivity index (χ3v) is 4.50. The van der Waals surface area contributed by atoms with Crippen molar-refractivity contribution in [3.8, 4) is 0 Å². The van der Waals surface area contributed by atoms with Gasteiger partial charge in [0.1, 0.15) is 12.7 Å². The SMILES string of the molecule is NNC(=O)CCCCCCCC=CCCCCCCCC(=O)OCC(O)CO. The first-order chi connectivity index (χ1) is 13.6. The van der Waals surface area contributed by atoms with Crippen LogP contribution in [0.15, 0.2) is 12.2 Å². The first-order valence-electron chi connectivity index (χ1n) is 10.7. The number of carbonyl (C=O) groups excluding carboxylic acids is 2. The molecular formula is C21H40N2O5. The molecule has 0 radical (unpaired) electrons. The Labute approximate surface area is 169 Å². The normalized spacial score (nSPS) is 12.2. The number of carbonyl (C=O) groups is 2. The number of allylic oxidation sites excluding steroid dienone is 2. The van der Waals surface area contributed by atoms with Gasteiger partial charge in [-0.05, 0) is 38.5 Å². The van der Waals surface area contributed by atoms with Gasteiger partial charge in [0.2, 0.25) is 5.91 Å². The number of nitrogens with two attached hydrogens (primary N) is 1. The fourth-order valence-corrected chi connectivity index (χ4v) is 2.76. The lowest BCUT2D eigenvalue weighted by Crippen LogP contribution is -2.29. The second-order valence-corrected chi connectivity index (χ2v) is 7.17. The molecule has 0 spiro atoms. The van der Waals surface area contributed by atoms with E-state index in [1.807, 2.05) is 0 Å². The van der Waals surface area contributed by atoms with Crippen LogP contribution in [0, 0.1) is 0 Å². The molecule has 1 atom stereocenters. The number of amides is 1. The molecule has 0 bridgehead atoms. The average molecular weight is 401 g/mol. The van der Waals surface area contributed by atoms with Crippen molar-refractivity contribution in [3.05, 3.63) is 12.2 Å². The van der Waals surface area contributed by atoms with Crippen LogP contribution in [0.25, 0.3) is 0 Å². The Morgan fingerprint density at radius 3 is 1.89 bits per heavy atom. The van der Waals surface area contributed by atoms with Crippen molar-refractivity contribution in [2.45, 2.75) is 96.0 Å². The molecule has 0 saturated carbocycles. The summed E-state index contributed by atoms with van der Waals surface area (Å²) in [5, 5.41) is 17.7. The largest absolute Gasteiger partial charge is 0.463 e. The molecule has 0 aromatic carbocycles. The van der Waals surface area contributed by atoms with E-state index in [0.717, 1.165) is 44.9 Å². The van der Waals surface area contributed by atoms with E-state index in [-0.39, 0.29) is 18.5 Å². The Balaban J connectivity index is 3.26. The second-order valence-electron chi connectivity index (χ2n) is 7.17. The Morgan fingerprint density at radius 1 is 0.857 bits per heavy atom. The zero-order valence-electron chi connectivity index (χ0n) is 17.2. The van der Waals surface area contributed by atoms with Crippen LogP contribution < -0.4 is 11.3 Å². The molecule has 1 unspecified atom stereocenters. The predicted octanol–water partition coefficient (Wildman–Crippen LogP) is 2.89. The van der Waals surface area contributed by atoms with Gasteiger partial charge < -0.3 is 14.9 Å². The molecule has 7 nitrogen and oxygen atoms in total. The van der Waals surface area contributed by atoms with Gasteiger partial charge in [-0.2, -0.15) is 0 Å². The first-order valence-corrected chi connectivity index (χ1v) is 10.7. The van der Waals surface area contributed by atoms with Crippen molar-refractivity contribution < 1.29 is 24.5 Å². The maximum Gasteiger partial charge on any atom is 0.305 e. The lowest BCUT2D eigenvalue weighted by Gasteiger charge is -2.08. The van der Waals surface area contributed by atoms with E-state index in [0.29, 0.717) is 12.8 Å². The number of hydrogen-bond donors (Lipinski definition) is 4. The highest BCUT2D eigenvalue weighted by Gasteiger charge is 2.07. The molecule has 0 saturated heterocycles. The zero-order chi connectivity index (χ0) is 20.9. The van der Waals surface area contributed by atoms with Gasteiger partial charge in [-0.15, -0.1) is 0 Å². The molecule has 7 heteroatoms. The van der Waals surface area contributed by atoms with E-state index in [2.05, 4.69) is 17.6 Å². The van der Waals surface area contributed by atoms with Gasteiger partial charge >= 0.3 is 5.97 Å². The van der Waals surface area contributed by atoms with Gasteiger partial charge in [0, 0.05) is 12.8 Å². The van der Waals surface area contributed by atoms with Crippen LogP contribution in [0.1, 0.15) is 89.9 Å². The molecule has 164 valence electrons. The number of unbranched alkanes of at least 4 members (excludes halogenated alkanes) is 10. The van der Waals surface area contributed by atoms with Crippen molar-refractivity contribution >= 4 is 11.9 Å². The molecule has 0 aliphatic rings. The summed E-state index contributed by atoms with van der Waals surface area (Å²) in [5.41, 5.74) is 2.15. The topological polar surface area (TPSA) is 122 Å². The molecule has 0 aliphatic heterocycles. The van der Waals surface area contributed by atoms with Gasteiger partial charge in [0.15, 0.2) is 0 Å². The molecular weight excluding hydrogens is 360 g/mol. The summed E-state index contributed by atoms with van der Waals surface area (Å²) in [6, 6.07) is 0. The van der Waals surface area contributed by atoms with E-state index in [1.54, 1.807) is 0 Å². The predicted molar refractivity (Wildman–Crippen MR) is 110 cm³/mol. The summed E-state index contributed by atoms with van der Waals surface area (Å²) in [6.07, 6.45) is 17.5. The fraction of sp³-hybridized carbons (Fsp3) is 0.810. The van der Waals surface area contributed by atoms with Gasteiger partial charge in [0.05, 0.1) is 6.61 Å². The maximum absolute atomic E-state index is 11.4. The zero-order valence-corrected chi connectivity index (χ0v) is 17.2. The first kappa shape index (κ1) is 26.6. The number of hydrazine groups is 1. The number of aliphatic hydroxyl groups is 2. The van der Waals surface area contributed by atoms with Crippen molar-refractivity contribution in [1.82, 2.24) is 5.43 Å². The Kier molecular flexibility index (Phi) is 19.3. The van der Waals surface area contributed by atoms with Crippen LogP contribution >= 0.6 is 0 Å². The van der Waals surface area contributed by atoms with Crippen molar-refractivity contribution in [3.63, 3.8) is 0 Å². The number of aliphatic hydroxyl groups excluding tert-OH is 2. The molecule has 0 aliphatic carbocycles. The monoisotopic (exact) mass is 400 g/mol. The summed E-state index contributed by atoms with van der Waals surface area (Å²) in [7, 11) is 0. The Bertz CT molecular complexity index is 416. The number of hydrogen-bond acceptors (Lipinski definition) is 6. The van der Waals surface area contributed by atoms with Crippen LogP contribution in [0.5, 0.6) is 0 Å². The van der Waals surface area contributed by atoms with Gasteiger partial charge in [-0.3, -0.25) is 15.0 Å². The minimum Gasteiger partial charge on any atom is -0.463 e. The third-order valence-electron chi connectivity index (χ3n) is 4.50. The minimum absolute atomic E-state index is 0.0829. The summed E-state index contributed by atoms with van der Waals surface area (Å²) in [6.45, 7) is -0.520. The average Bonchev–Trinajstić information content (AvgIpc) is 2.71. The summed E-state index contributed by atoms with van der Waals surface area (Å²) < 4.78 is 4.85. The highest BCUT2D eigenvalue weighted by molar-refractivity contribution is 5.75. The lowest BCUT2D eigenvalue weighted by atomic mass is 10.1. The van der Waals surface area contributed by atoms with Crippen LogP contribution in [0.3, 0.4) is 0 Å². The van der Waals surface area contributed by atoms with E-state index in [1.165, 1.54) is 32.1 Å². The molecule has 5 N–H and O–H groups in total. The molecule has 0 heterocycles. The van der Waals surface area contributed by atoms with E-state index in [4.69, 9.17) is 20.8 Å². The van der Waals surface area contributed by atoms with Gasteiger partial charge in [-0.25, -0.2) is 5.84 Å². The smallest absolute Gasteiger partial charge is 0.305 e. The highest BCUT2D eigenvalue weighted by Crippen LogP contribution is 2.10. The van der Waals surface area contributed by atoms with E-state index < -0.39 is 12.7 Å². The van der Waals surface area contributed by atoms with Crippen LogP contribution in [-0.4, -0.2) is 41.4 Å². The quantitative estimate of drug-likeness (QED) is 0.0660. The van der Waals surface area contributed by atoms with E-state index >= 15 is 0 Å². The van der Waals surface area contributed by atoms with Crippen molar-refractivity contribution in [1.29, 1.82) is 0 Å². The molecule has 0 aromatic heterocycles. The van der Waals surface area contributed by atoms with Gasteiger partial charge in [0.25, 0.3) is 0 Å². The van der Waals surface area contributed by atoms with Crippen LogP contribution in [-0.2, 0) is 14.3 Å². The second kappa shape index (κ2) is 20.3. The Morgan fingerprint density at radius 2 is 1.36 bits per heavy atom. The van der Waals surface area contributed by atoms with E-state index in [9.17, 15) is 9.59 Å². The number of rotatable bonds is 19.